The smallest absolute Gasteiger partial charge is 0.327 e. The average Bonchev–Trinajstić information content (AvgIpc) is 3.16. The lowest BCUT2D eigenvalue weighted by Crippen LogP contribution is -2.17. The number of nitrogens with zero attached hydrogens (tertiary/aromatic N) is 2. The Bertz CT molecular complexity index is 1090. The molecule has 0 aliphatic rings. The first-order valence-electron chi connectivity index (χ1n) is 8.59. The highest BCUT2D eigenvalue weighted by molar-refractivity contribution is 6.13. The van der Waals surface area contributed by atoms with Crippen LogP contribution in [0.4, 0.5) is 0 Å². The van der Waals surface area contributed by atoms with Crippen molar-refractivity contribution >= 4 is 33.7 Å². The van der Waals surface area contributed by atoms with Crippen LogP contribution in [0.2, 0.25) is 0 Å². The van der Waals surface area contributed by atoms with Crippen molar-refractivity contribution in [2.75, 3.05) is 6.61 Å². The van der Waals surface area contributed by atoms with Gasteiger partial charge < -0.3 is 9.15 Å². The summed E-state index contributed by atoms with van der Waals surface area (Å²) in [4.78, 5) is 16.0. The van der Waals surface area contributed by atoms with Crippen LogP contribution in [-0.4, -0.2) is 23.7 Å². The fraction of sp³-hybridized carbons (Fsp3) is 0.0952. The highest BCUT2D eigenvalue weighted by atomic mass is 16.6. The topological polar surface area (TPSA) is 76.7 Å². The van der Waals surface area contributed by atoms with Crippen LogP contribution >= 0.6 is 0 Å². The Labute approximate surface area is 155 Å². The molecule has 0 fully saturated rings. The highest BCUT2D eigenvalue weighted by Gasteiger charge is 2.13. The molecule has 3 aromatic carbocycles. The van der Waals surface area contributed by atoms with Gasteiger partial charge >= 0.3 is 11.9 Å². The number of aromatic nitrogens is 1. The number of carbonyl (C=O) groups excluding carboxylic acids is 1. The molecule has 6 nitrogen and oxygen atoms in total. The second-order valence-electron chi connectivity index (χ2n) is 5.85. The van der Waals surface area contributed by atoms with Gasteiger partial charge in [-0.1, -0.05) is 48.5 Å². The summed E-state index contributed by atoms with van der Waals surface area (Å²) < 4.78 is 10.4. The first-order chi connectivity index (χ1) is 13.3. The van der Waals surface area contributed by atoms with Crippen molar-refractivity contribution in [2.45, 2.75) is 6.92 Å². The summed E-state index contributed by atoms with van der Waals surface area (Å²) in [5.41, 5.74) is 3.39. The summed E-state index contributed by atoms with van der Waals surface area (Å²) in [6.07, 6.45) is 3.01. The van der Waals surface area contributed by atoms with Gasteiger partial charge in [0.05, 0.1) is 12.8 Å². The van der Waals surface area contributed by atoms with Crippen molar-refractivity contribution < 1.29 is 13.9 Å². The second kappa shape index (κ2) is 7.29. The first-order valence-corrected chi connectivity index (χ1v) is 8.59. The van der Waals surface area contributed by atoms with Crippen molar-refractivity contribution in [1.29, 1.82) is 0 Å². The number of hydrazone groups is 1. The lowest BCUT2D eigenvalue weighted by molar-refractivity contribution is 0.0912. The number of nitrogens with one attached hydrogen (secondary N) is 1. The van der Waals surface area contributed by atoms with Crippen LogP contribution in [0.25, 0.3) is 21.5 Å². The summed E-state index contributed by atoms with van der Waals surface area (Å²) >= 11 is 0. The summed E-state index contributed by atoms with van der Waals surface area (Å²) in [6, 6.07) is 18.3. The van der Waals surface area contributed by atoms with Gasteiger partial charge in [0.2, 0.25) is 0 Å². The number of benzene rings is 3. The zero-order valence-electron chi connectivity index (χ0n) is 14.7. The molecule has 0 bridgehead atoms. The lowest BCUT2D eigenvalue weighted by Gasteiger charge is -2.07. The zero-order chi connectivity index (χ0) is 18.6. The Morgan fingerprint density at radius 3 is 2.48 bits per heavy atom. The Kier molecular flexibility index (Phi) is 4.53. The van der Waals surface area contributed by atoms with Gasteiger partial charge in [-0.3, -0.25) is 4.79 Å². The normalized spacial score (nSPS) is 11.3. The van der Waals surface area contributed by atoms with E-state index in [4.69, 9.17) is 9.15 Å². The molecule has 134 valence electrons. The molecule has 1 heterocycles. The van der Waals surface area contributed by atoms with Crippen LogP contribution in [0.3, 0.4) is 0 Å². The summed E-state index contributed by atoms with van der Waals surface area (Å²) in [7, 11) is 0. The van der Waals surface area contributed by atoms with Gasteiger partial charge in [-0.2, -0.15) is 5.10 Å². The predicted molar refractivity (Wildman–Crippen MR) is 104 cm³/mol. The number of oxazole rings is 1. The number of hydrogen-bond donors (Lipinski definition) is 1. The number of carbonyl (C=O) groups is 1. The molecule has 0 aliphatic carbocycles. The van der Waals surface area contributed by atoms with Crippen molar-refractivity contribution in [3.63, 3.8) is 0 Å². The Hall–Kier alpha value is -3.67. The fourth-order valence-corrected chi connectivity index (χ4v) is 2.96. The molecule has 0 radical (unpaired) electrons. The largest absolute Gasteiger partial charge is 0.464 e. The molecule has 6 heteroatoms. The zero-order valence-corrected chi connectivity index (χ0v) is 14.7. The van der Waals surface area contributed by atoms with E-state index in [1.54, 1.807) is 6.21 Å². The Morgan fingerprint density at radius 1 is 1.15 bits per heavy atom. The van der Waals surface area contributed by atoms with Crippen molar-refractivity contribution in [3.05, 3.63) is 72.2 Å². The standard InChI is InChI=1S/C21H17N3O3/c1-2-26-19-13-22-21(27-19)20(25)24-23-12-18-16-9-5-3-7-14(16)11-15-8-4-6-10-17(15)18/h3-13H,2H2,1H3,(H,24,25)/b23-12-. The van der Waals surface area contributed by atoms with E-state index in [0.717, 1.165) is 27.1 Å². The highest BCUT2D eigenvalue weighted by Crippen LogP contribution is 2.27. The summed E-state index contributed by atoms with van der Waals surface area (Å²) in [6.45, 7) is 2.25. The van der Waals surface area contributed by atoms with Crippen LogP contribution in [-0.2, 0) is 0 Å². The molecular weight excluding hydrogens is 342 g/mol. The number of amides is 1. The summed E-state index contributed by atoms with van der Waals surface area (Å²) in [5, 5.41) is 8.45. The number of ether oxygens (including phenoxy) is 1. The molecule has 0 saturated heterocycles. The van der Waals surface area contributed by atoms with Gasteiger partial charge in [0, 0.05) is 5.56 Å². The van der Waals surface area contributed by atoms with Crippen LogP contribution in [0.1, 0.15) is 23.2 Å². The molecule has 0 spiro atoms. The monoisotopic (exact) mass is 359 g/mol. The summed E-state index contributed by atoms with van der Waals surface area (Å²) in [5.74, 6) is -0.438. The molecule has 1 amide bonds. The maximum Gasteiger partial charge on any atom is 0.327 e. The molecular formula is C21H17N3O3. The van der Waals surface area contributed by atoms with Crippen LogP contribution < -0.4 is 10.2 Å². The van der Waals surface area contributed by atoms with Crippen LogP contribution in [0.15, 0.2) is 70.3 Å². The van der Waals surface area contributed by atoms with Gasteiger partial charge in [-0.15, -0.1) is 0 Å². The van der Waals surface area contributed by atoms with Gasteiger partial charge in [-0.25, -0.2) is 10.4 Å². The third-order valence-electron chi connectivity index (χ3n) is 4.14. The number of fused-ring (bicyclic) bond motifs is 2. The van der Waals surface area contributed by atoms with E-state index in [0.29, 0.717) is 6.61 Å². The fourth-order valence-electron chi connectivity index (χ4n) is 2.96. The average molecular weight is 359 g/mol. The van der Waals surface area contributed by atoms with E-state index in [1.165, 1.54) is 6.20 Å². The van der Waals surface area contributed by atoms with E-state index < -0.39 is 5.91 Å². The molecule has 0 aliphatic heterocycles. The van der Waals surface area contributed by atoms with Crippen molar-refractivity contribution in [3.8, 4) is 5.95 Å². The van der Waals surface area contributed by atoms with Gasteiger partial charge in [0.25, 0.3) is 5.89 Å². The quantitative estimate of drug-likeness (QED) is 0.330. The molecule has 4 rings (SSSR count). The molecule has 0 atom stereocenters. The van der Waals surface area contributed by atoms with Crippen molar-refractivity contribution in [1.82, 2.24) is 10.4 Å². The lowest BCUT2D eigenvalue weighted by atomic mass is 9.97. The minimum absolute atomic E-state index is 0.0987. The van der Waals surface area contributed by atoms with Crippen LogP contribution in [0.5, 0.6) is 5.95 Å². The SMILES string of the molecule is CCOc1cnc(C(=O)N/N=C\c2c3ccccc3cc3ccccc23)o1. The molecule has 0 saturated carbocycles. The molecule has 0 unspecified atom stereocenters. The maximum atomic E-state index is 12.1. The van der Waals surface area contributed by atoms with E-state index in [1.807, 2.05) is 43.3 Å². The van der Waals surface area contributed by atoms with Gasteiger partial charge in [0.1, 0.15) is 6.20 Å². The Morgan fingerprint density at radius 2 is 1.81 bits per heavy atom. The van der Waals surface area contributed by atoms with E-state index in [2.05, 4.69) is 33.7 Å². The number of rotatable bonds is 5. The molecule has 27 heavy (non-hydrogen) atoms. The molecule has 1 aromatic heterocycles. The van der Waals surface area contributed by atoms with Gasteiger partial charge in [-0.05, 0) is 34.5 Å². The third-order valence-corrected chi connectivity index (χ3v) is 4.14. The van der Waals surface area contributed by atoms with Crippen LogP contribution in [0, 0.1) is 0 Å². The predicted octanol–water partition coefficient (Wildman–Crippen LogP) is 4.14. The molecule has 4 aromatic rings. The van der Waals surface area contributed by atoms with Gasteiger partial charge in [0.15, 0.2) is 0 Å². The van der Waals surface area contributed by atoms with Crippen molar-refractivity contribution in [2.24, 2.45) is 5.10 Å². The Balaban J connectivity index is 1.64. The minimum atomic E-state index is -0.540. The van der Waals surface area contributed by atoms with E-state index in [9.17, 15) is 4.79 Å². The maximum absolute atomic E-state index is 12.1. The molecule has 1 N–H and O–H groups in total. The number of hydrogen-bond acceptors (Lipinski definition) is 5. The first kappa shape index (κ1) is 16.8. The van der Waals surface area contributed by atoms with E-state index >= 15 is 0 Å². The third kappa shape index (κ3) is 3.37. The second-order valence-corrected chi connectivity index (χ2v) is 5.85. The van der Waals surface area contributed by atoms with E-state index in [-0.39, 0.29) is 11.8 Å². The minimum Gasteiger partial charge on any atom is -0.464 e.